The maximum atomic E-state index is 10.9. The molecule has 0 N–H and O–H groups in total. The molecule has 0 amide bonds. The fourth-order valence-electron chi connectivity index (χ4n) is 3.29. The highest BCUT2D eigenvalue weighted by atomic mass is 16.5. The van der Waals surface area contributed by atoms with Crippen molar-refractivity contribution in [3.05, 3.63) is 36.1 Å². The molecule has 0 rings (SSSR count). The van der Waals surface area contributed by atoms with E-state index >= 15 is 0 Å². The SMILES string of the molecule is C=C(OC)/C(=C\C(=C)C(C)CCC(C)C(C)CCC(C)CC)CCCOC(C)=O. The number of rotatable bonds is 16. The van der Waals surface area contributed by atoms with Gasteiger partial charge in [0, 0.05) is 6.92 Å². The number of allylic oxidation sites excluding steroid dienone is 3. The van der Waals surface area contributed by atoms with Crippen LogP contribution in [-0.4, -0.2) is 19.7 Å². The van der Waals surface area contributed by atoms with Gasteiger partial charge in [-0.25, -0.2) is 0 Å². The standard InChI is InChI=1S/C26H46O3/c1-10-19(2)13-14-20(3)21(4)15-16-22(5)23(6)18-26(24(7)28-9)12-11-17-29-25(8)27/h18-22H,6-7,10-17H2,1-5,8-9H3/b26-18-. The molecule has 0 fully saturated rings. The van der Waals surface area contributed by atoms with Gasteiger partial charge in [0.1, 0.15) is 5.76 Å². The lowest BCUT2D eigenvalue weighted by Gasteiger charge is -2.23. The zero-order valence-electron chi connectivity index (χ0n) is 20.2. The second kappa shape index (κ2) is 15.3. The predicted molar refractivity (Wildman–Crippen MR) is 125 cm³/mol. The van der Waals surface area contributed by atoms with Gasteiger partial charge >= 0.3 is 5.97 Å². The fraction of sp³-hybridized carbons (Fsp3) is 0.731. The molecule has 0 aliphatic carbocycles. The van der Waals surface area contributed by atoms with Crippen molar-refractivity contribution in [2.24, 2.45) is 23.7 Å². The molecular formula is C26H46O3. The molecule has 0 radical (unpaired) electrons. The Morgan fingerprint density at radius 2 is 1.59 bits per heavy atom. The number of methoxy groups -OCH3 is 1. The monoisotopic (exact) mass is 406 g/mol. The number of hydrogen-bond acceptors (Lipinski definition) is 3. The van der Waals surface area contributed by atoms with Gasteiger partial charge < -0.3 is 9.47 Å². The van der Waals surface area contributed by atoms with Crippen molar-refractivity contribution in [1.29, 1.82) is 0 Å². The van der Waals surface area contributed by atoms with Crippen molar-refractivity contribution in [1.82, 2.24) is 0 Å². The zero-order chi connectivity index (χ0) is 22.4. The summed E-state index contributed by atoms with van der Waals surface area (Å²) >= 11 is 0. The van der Waals surface area contributed by atoms with E-state index in [0.29, 0.717) is 18.3 Å². The number of esters is 1. The van der Waals surface area contributed by atoms with Crippen LogP contribution < -0.4 is 0 Å². The van der Waals surface area contributed by atoms with Crippen LogP contribution in [0.5, 0.6) is 0 Å². The first-order chi connectivity index (χ1) is 13.6. The summed E-state index contributed by atoms with van der Waals surface area (Å²) in [6, 6.07) is 0. The highest BCUT2D eigenvalue weighted by molar-refractivity contribution is 5.65. The van der Waals surface area contributed by atoms with Gasteiger partial charge in [0.05, 0.1) is 13.7 Å². The second-order valence-electron chi connectivity index (χ2n) is 8.84. The lowest BCUT2D eigenvalue weighted by Crippen LogP contribution is -2.11. The van der Waals surface area contributed by atoms with Crippen molar-refractivity contribution in [2.75, 3.05) is 13.7 Å². The number of ether oxygens (including phenoxy) is 2. The van der Waals surface area contributed by atoms with E-state index in [2.05, 4.69) is 53.9 Å². The first-order valence-electron chi connectivity index (χ1n) is 11.4. The summed E-state index contributed by atoms with van der Waals surface area (Å²) in [7, 11) is 1.64. The molecule has 0 spiro atoms. The summed E-state index contributed by atoms with van der Waals surface area (Å²) in [5, 5.41) is 0. The van der Waals surface area contributed by atoms with Gasteiger partial charge in [-0.1, -0.05) is 78.7 Å². The summed E-state index contributed by atoms with van der Waals surface area (Å²) in [6.45, 7) is 21.8. The quantitative estimate of drug-likeness (QED) is 0.115. The Hall–Kier alpha value is -1.51. The summed E-state index contributed by atoms with van der Waals surface area (Å²) in [6.07, 6.45) is 9.93. The Bertz CT molecular complexity index is 532. The summed E-state index contributed by atoms with van der Waals surface area (Å²) in [4.78, 5) is 10.9. The van der Waals surface area contributed by atoms with E-state index in [4.69, 9.17) is 9.47 Å². The molecule has 3 nitrogen and oxygen atoms in total. The average Bonchev–Trinajstić information content (AvgIpc) is 2.70. The number of hydrogen-bond donors (Lipinski definition) is 0. The molecule has 0 saturated heterocycles. The Kier molecular flexibility index (Phi) is 14.5. The molecule has 0 heterocycles. The van der Waals surface area contributed by atoms with Crippen LogP contribution in [0, 0.1) is 23.7 Å². The number of carbonyl (C=O) groups is 1. The van der Waals surface area contributed by atoms with Crippen LogP contribution in [0.25, 0.3) is 0 Å². The average molecular weight is 407 g/mol. The third-order valence-electron chi connectivity index (χ3n) is 6.33. The first kappa shape index (κ1) is 27.5. The molecule has 0 saturated carbocycles. The van der Waals surface area contributed by atoms with Gasteiger partial charge in [-0.05, 0) is 54.9 Å². The lowest BCUT2D eigenvalue weighted by atomic mass is 9.83. The molecule has 29 heavy (non-hydrogen) atoms. The summed E-state index contributed by atoms with van der Waals surface area (Å²) < 4.78 is 10.4. The molecule has 0 aromatic heterocycles. The van der Waals surface area contributed by atoms with Crippen LogP contribution >= 0.6 is 0 Å². The molecule has 4 unspecified atom stereocenters. The van der Waals surface area contributed by atoms with Crippen LogP contribution in [-0.2, 0) is 14.3 Å². The van der Waals surface area contributed by atoms with Gasteiger partial charge in [-0.3, -0.25) is 4.79 Å². The van der Waals surface area contributed by atoms with E-state index in [-0.39, 0.29) is 5.97 Å². The van der Waals surface area contributed by atoms with E-state index in [9.17, 15) is 4.79 Å². The zero-order valence-corrected chi connectivity index (χ0v) is 20.2. The van der Waals surface area contributed by atoms with E-state index in [1.165, 1.54) is 32.6 Å². The number of carbonyl (C=O) groups excluding carboxylic acids is 1. The molecular weight excluding hydrogens is 360 g/mol. The molecule has 0 aromatic carbocycles. The van der Waals surface area contributed by atoms with Crippen LogP contribution in [0.15, 0.2) is 36.1 Å². The molecule has 4 atom stereocenters. The molecule has 0 aliphatic rings. The Morgan fingerprint density at radius 1 is 1.00 bits per heavy atom. The van der Waals surface area contributed by atoms with Gasteiger partial charge in [-0.2, -0.15) is 0 Å². The maximum absolute atomic E-state index is 10.9. The molecule has 0 aliphatic heterocycles. The first-order valence-corrected chi connectivity index (χ1v) is 11.4. The Morgan fingerprint density at radius 3 is 2.10 bits per heavy atom. The maximum Gasteiger partial charge on any atom is 0.302 e. The van der Waals surface area contributed by atoms with Crippen molar-refractivity contribution >= 4 is 5.97 Å². The minimum atomic E-state index is -0.244. The minimum absolute atomic E-state index is 0.244. The molecule has 3 heteroatoms. The molecule has 0 aromatic rings. The van der Waals surface area contributed by atoms with Crippen LogP contribution in [0.1, 0.15) is 86.5 Å². The third-order valence-corrected chi connectivity index (χ3v) is 6.33. The Balaban J connectivity index is 4.62. The van der Waals surface area contributed by atoms with E-state index < -0.39 is 0 Å². The van der Waals surface area contributed by atoms with Crippen molar-refractivity contribution in [3.63, 3.8) is 0 Å². The normalized spacial score (nSPS) is 15.9. The van der Waals surface area contributed by atoms with Gasteiger partial charge in [0.25, 0.3) is 0 Å². The highest BCUT2D eigenvalue weighted by Gasteiger charge is 2.16. The minimum Gasteiger partial charge on any atom is -0.497 e. The second-order valence-corrected chi connectivity index (χ2v) is 8.84. The molecule has 168 valence electrons. The van der Waals surface area contributed by atoms with Gasteiger partial charge in [-0.15, -0.1) is 0 Å². The van der Waals surface area contributed by atoms with Crippen LogP contribution in [0.4, 0.5) is 0 Å². The van der Waals surface area contributed by atoms with E-state index in [1.807, 2.05) is 0 Å². The smallest absolute Gasteiger partial charge is 0.302 e. The highest BCUT2D eigenvalue weighted by Crippen LogP contribution is 2.28. The summed E-state index contributed by atoms with van der Waals surface area (Å²) in [5.74, 6) is 3.18. The van der Waals surface area contributed by atoms with E-state index in [1.54, 1.807) is 7.11 Å². The van der Waals surface area contributed by atoms with Crippen LogP contribution in [0.2, 0.25) is 0 Å². The lowest BCUT2D eigenvalue weighted by molar-refractivity contribution is -0.141. The van der Waals surface area contributed by atoms with Gasteiger partial charge in [0.15, 0.2) is 0 Å². The van der Waals surface area contributed by atoms with Gasteiger partial charge in [0.2, 0.25) is 0 Å². The third kappa shape index (κ3) is 12.6. The predicted octanol–water partition coefficient (Wildman–Crippen LogP) is 7.49. The van der Waals surface area contributed by atoms with Crippen LogP contribution in [0.3, 0.4) is 0 Å². The largest absolute Gasteiger partial charge is 0.497 e. The Labute approximate surface area is 180 Å². The topological polar surface area (TPSA) is 35.5 Å². The molecule has 0 bridgehead atoms. The van der Waals surface area contributed by atoms with Crippen molar-refractivity contribution < 1.29 is 14.3 Å². The van der Waals surface area contributed by atoms with Crippen molar-refractivity contribution in [3.8, 4) is 0 Å². The summed E-state index contributed by atoms with van der Waals surface area (Å²) in [5.41, 5.74) is 2.15. The fourth-order valence-corrected chi connectivity index (χ4v) is 3.29. The van der Waals surface area contributed by atoms with E-state index in [0.717, 1.165) is 48.2 Å². The van der Waals surface area contributed by atoms with Crippen molar-refractivity contribution in [2.45, 2.75) is 86.5 Å².